The van der Waals surface area contributed by atoms with Crippen LogP contribution in [0.4, 0.5) is 0 Å². The summed E-state index contributed by atoms with van der Waals surface area (Å²) in [6.07, 6.45) is 0. The molecule has 1 aliphatic rings. The molecule has 20 heavy (non-hydrogen) atoms. The van der Waals surface area contributed by atoms with E-state index in [1.165, 1.54) is 0 Å². The number of nitrogens with one attached hydrogen (secondary N) is 1. The van der Waals surface area contributed by atoms with Crippen LogP contribution >= 0.6 is 11.8 Å². The van der Waals surface area contributed by atoms with E-state index in [1.807, 2.05) is 12.1 Å². The molecule has 2 aromatic rings. The fourth-order valence-corrected chi connectivity index (χ4v) is 3.41. The molecule has 1 saturated heterocycles. The summed E-state index contributed by atoms with van der Waals surface area (Å²) in [5, 5.41) is 4.43. The van der Waals surface area contributed by atoms with Gasteiger partial charge in [0.1, 0.15) is 5.75 Å². The lowest BCUT2D eigenvalue weighted by atomic mass is 10.3. The summed E-state index contributed by atoms with van der Waals surface area (Å²) in [5.74, 6) is 1.85. The molecule has 1 aromatic carbocycles. The quantitative estimate of drug-likeness (QED) is 0.866. The molecule has 2 heterocycles. The number of nitrogens with zero attached hydrogens (tertiary/aromatic N) is 3. The summed E-state index contributed by atoms with van der Waals surface area (Å²) in [6.45, 7) is 4.40. The van der Waals surface area contributed by atoms with Crippen LogP contribution in [0.15, 0.2) is 23.4 Å². The molecule has 0 aliphatic carbocycles. The second-order valence-electron chi connectivity index (χ2n) is 4.95. The van der Waals surface area contributed by atoms with Gasteiger partial charge in [-0.25, -0.2) is 4.98 Å². The number of piperazine rings is 1. The van der Waals surface area contributed by atoms with Crippen LogP contribution in [-0.2, 0) is 7.05 Å². The zero-order chi connectivity index (χ0) is 13.9. The van der Waals surface area contributed by atoms with Gasteiger partial charge in [0.05, 0.1) is 24.0 Å². The highest BCUT2D eigenvalue weighted by Gasteiger charge is 2.13. The average Bonchev–Trinajstić information content (AvgIpc) is 2.82. The van der Waals surface area contributed by atoms with Crippen LogP contribution in [0, 0.1) is 0 Å². The number of hydrogen-bond donors (Lipinski definition) is 1. The van der Waals surface area contributed by atoms with E-state index in [9.17, 15) is 0 Å². The van der Waals surface area contributed by atoms with Gasteiger partial charge in [0.15, 0.2) is 5.16 Å². The lowest BCUT2D eigenvalue weighted by molar-refractivity contribution is 0.280. The predicted molar refractivity (Wildman–Crippen MR) is 82.4 cm³/mol. The number of rotatable bonds is 4. The third kappa shape index (κ3) is 2.77. The monoisotopic (exact) mass is 292 g/mol. The van der Waals surface area contributed by atoms with E-state index in [-0.39, 0.29) is 0 Å². The van der Waals surface area contributed by atoms with Gasteiger partial charge < -0.3 is 14.6 Å². The summed E-state index contributed by atoms with van der Waals surface area (Å²) in [4.78, 5) is 7.17. The molecule has 0 radical (unpaired) electrons. The normalized spacial score (nSPS) is 16.7. The molecule has 1 fully saturated rings. The maximum Gasteiger partial charge on any atom is 0.170 e. The number of aryl methyl sites for hydroxylation is 1. The molecule has 1 N–H and O–H groups in total. The summed E-state index contributed by atoms with van der Waals surface area (Å²) in [6, 6.07) is 6.04. The van der Waals surface area contributed by atoms with Crippen LogP contribution < -0.4 is 10.1 Å². The molecule has 0 spiro atoms. The Hall–Kier alpha value is -1.24. The summed E-state index contributed by atoms with van der Waals surface area (Å²) in [5.41, 5.74) is 2.14. The first-order valence-electron chi connectivity index (χ1n) is 6.84. The van der Waals surface area contributed by atoms with Crippen molar-refractivity contribution in [3.63, 3.8) is 0 Å². The molecule has 6 heteroatoms. The van der Waals surface area contributed by atoms with E-state index in [4.69, 9.17) is 9.72 Å². The average molecular weight is 292 g/mol. The first kappa shape index (κ1) is 13.7. The topological polar surface area (TPSA) is 42.3 Å². The number of thioether (sulfide) groups is 1. The van der Waals surface area contributed by atoms with Gasteiger partial charge in [-0.2, -0.15) is 0 Å². The Kier molecular flexibility index (Phi) is 4.14. The van der Waals surface area contributed by atoms with Crippen molar-refractivity contribution in [1.82, 2.24) is 19.8 Å². The van der Waals surface area contributed by atoms with Crippen LogP contribution in [0.2, 0.25) is 0 Å². The first-order valence-corrected chi connectivity index (χ1v) is 7.83. The molecular weight excluding hydrogens is 272 g/mol. The Bertz CT molecular complexity index is 592. The molecule has 0 amide bonds. The Morgan fingerprint density at radius 3 is 2.90 bits per heavy atom. The van der Waals surface area contributed by atoms with Crippen LogP contribution in [0.25, 0.3) is 11.0 Å². The molecule has 0 saturated carbocycles. The standard InChI is InChI=1S/C14H20N4OS/c1-17-13-4-3-11(19-2)9-12(13)16-14(17)20-10-18-7-5-15-6-8-18/h3-4,9,15H,5-8,10H2,1-2H3. The number of imidazole rings is 1. The van der Waals surface area contributed by atoms with Gasteiger partial charge in [-0.15, -0.1) is 0 Å². The molecule has 1 aliphatic heterocycles. The minimum absolute atomic E-state index is 0.856. The molecule has 0 bridgehead atoms. The van der Waals surface area contributed by atoms with Gasteiger partial charge in [-0.05, 0) is 12.1 Å². The fraction of sp³-hybridized carbons (Fsp3) is 0.500. The van der Waals surface area contributed by atoms with Gasteiger partial charge in [-0.1, -0.05) is 11.8 Å². The maximum atomic E-state index is 5.26. The Labute approximate surface area is 123 Å². The van der Waals surface area contributed by atoms with Crippen molar-refractivity contribution < 1.29 is 4.74 Å². The highest BCUT2D eigenvalue weighted by Crippen LogP contribution is 2.26. The Morgan fingerprint density at radius 1 is 1.35 bits per heavy atom. The molecular formula is C14H20N4OS. The van der Waals surface area contributed by atoms with Crippen molar-refractivity contribution in [1.29, 1.82) is 0 Å². The number of hydrogen-bond acceptors (Lipinski definition) is 5. The van der Waals surface area contributed by atoms with Crippen LogP contribution in [0.5, 0.6) is 5.75 Å². The van der Waals surface area contributed by atoms with Gasteiger partial charge in [0.2, 0.25) is 0 Å². The smallest absolute Gasteiger partial charge is 0.170 e. The van der Waals surface area contributed by atoms with Gasteiger partial charge in [0.25, 0.3) is 0 Å². The van der Waals surface area contributed by atoms with Gasteiger partial charge in [0, 0.05) is 39.3 Å². The number of benzene rings is 1. The summed E-state index contributed by atoms with van der Waals surface area (Å²) >= 11 is 1.80. The van der Waals surface area contributed by atoms with E-state index >= 15 is 0 Å². The van der Waals surface area contributed by atoms with Crippen LogP contribution in [0.1, 0.15) is 0 Å². The van der Waals surface area contributed by atoms with Gasteiger partial charge >= 0.3 is 0 Å². The predicted octanol–water partition coefficient (Wildman–Crippen LogP) is 1.54. The number of ether oxygens (including phenoxy) is 1. The second-order valence-corrected chi connectivity index (χ2v) is 5.86. The number of methoxy groups -OCH3 is 1. The largest absolute Gasteiger partial charge is 0.497 e. The molecule has 108 valence electrons. The molecule has 0 atom stereocenters. The third-order valence-electron chi connectivity index (χ3n) is 3.63. The minimum Gasteiger partial charge on any atom is -0.497 e. The van der Waals surface area contributed by atoms with E-state index in [0.29, 0.717) is 0 Å². The lowest BCUT2D eigenvalue weighted by Crippen LogP contribution is -2.43. The van der Waals surface area contributed by atoms with E-state index in [0.717, 1.165) is 54.0 Å². The fourth-order valence-electron chi connectivity index (χ4n) is 2.40. The Balaban J connectivity index is 1.75. The van der Waals surface area contributed by atoms with Crippen molar-refractivity contribution in [3.05, 3.63) is 18.2 Å². The van der Waals surface area contributed by atoms with Crippen LogP contribution in [-0.4, -0.2) is 53.6 Å². The van der Waals surface area contributed by atoms with E-state index in [2.05, 4.69) is 27.9 Å². The van der Waals surface area contributed by atoms with Crippen molar-refractivity contribution in [3.8, 4) is 5.75 Å². The molecule has 5 nitrogen and oxygen atoms in total. The van der Waals surface area contributed by atoms with Crippen molar-refractivity contribution in [2.45, 2.75) is 5.16 Å². The second kappa shape index (κ2) is 6.03. The third-order valence-corrected chi connectivity index (χ3v) is 4.75. The molecule has 3 rings (SSSR count). The zero-order valence-electron chi connectivity index (χ0n) is 11.9. The SMILES string of the molecule is COc1ccc2c(c1)nc(SCN1CCNCC1)n2C. The van der Waals surface area contributed by atoms with Crippen LogP contribution in [0.3, 0.4) is 0 Å². The van der Waals surface area contributed by atoms with Crippen molar-refractivity contribution in [2.24, 2.45) is 7.05 Å². The molecule has 0 unspecified atom stereocenters. The first-order chi connectivity index (χ1) is 9.78. The summed E-state index contributed by atoms with van der Waals surface area (Å²) in [7, 11) is 3.76. The highest BCUT2D eigenvalue weighted by molar-refractivity contribution is 7.99. The van der Waals surface area contributed by atoms with Crippen molar-refractivity contribution >= 4 is 22.8 Å². The van der Waals surface area contributed by atoms with Gasteiger partial charge in [-0.3, -0.25) is 4.90 Å². The number of aromatic nitrogens is 2. The molecule has 1 aromatic heterocycles. The van der Waals surface area contributed by atoms with E-state index in [1.54, 1.807) is 18.9 Å². The minimum atomic E-state index is 0.856. The van der Waals surface area contributed by atoms with E-state index < -0.39 is 0 Å². The number of fused-ring (bicyclic) bond motifs is 1. The maximum absolute atomic E-state index is 5.26. The summed E-state index contributed by atoms with van der Waals surface area (Å²) < 4.78 is 7.41. The highest BCUT2D eigenvalue weighted by atomic mass is 32.2. The lowest BCUT2D eigenvalue weighted by Gasteiger charge is -2.26. The zero-order valence-corrected chi connectivity index (χ0v) is 12.7. The van der Waals surface area contributed by atoms with Crippen molar-refractivity contribution in [2.75, 3.05) is 39.2 Å². The Morgan fingerprint density at radius 2 is 2.15 bits per heavy atom.